The highest BCUT2D eigenvalue weighted by Crippen LogP contribution is 2.43. The van der Waals surface area contributed by atoms with Crippen molar-refractivity contribution in [3.05, 3.63) is 28.0 Å². The average molecular weight is 266 g/mol. The normalized spacial score (nSPS) is 16.1. The maximum absolute atomic E-state index is 6.09. The fourth-order valence-corrected chi connectivity index (χ4v) is 2.18. The minimum atomic E-state index is 0.601. The largest absolute Gasteiger partial charge is 0.395 e. The summed E-state index contributed by atoms with van der Waals surface area (Å²) in [6, 6.07) is 2.05. The van der Waals surface area contributed by atoms with Crippen LogP contribution in [0.4, 0.5) is 5.69 Å². The second-order valence-corrected chi connectivity index (χ2v) is 5.06. The standard InChI is InChI=1S/C11H12BrN3/c1-6-5-15-9(4-8(6)12)10(13)11(14-15)7-2-3-7/h4-5,7H,2-3,13H2,1H3. The summed E-state index contributed by atoms with van der Waals surface area (Å²) in [5.41, 5.74) is 10.2. The van der Waals surface area contributed by atoms with Crippen LogP contribution in [0.2, 0.25) is 0 Å². The lowest BCUT2D eigenvalue weighted by molar-refractivity contribution is 0.886. The van der Waals surface area contributed by atoms with Crippen molar-refractivity contribution in [3.8, 4) is 0 Å². The zero-order chi connectivity index (χ0) is 10.6. The molecule has 1 aliphatic rings. The Balaban J connectivity index is 2.30. The van der Waals surface area contributed by atoms with Gasteiger partial charge in [0.1, 0.15) is 0 Å². The molecule has 15 heavy (non-hydrogen) atoms. The molecule has 0 bridgehead atoms. The zero-order valence-corrected chi connectivity index (χ0v) is 10.1. The van der Waals surface area contributed by atoms with Crippen molar-refractivity contribution in [2.75, 3.05) is 5.73 Å². The molecule has 0 aliphatic heterocycles. The molecule has 0 aromatic carbocycles. The van der Waals surface area contributed by atoms with Crippen molar-refractivity contribution in [3.63, 3.8) is 0 Å². The Morgan fingerprint density at radius 3 is 2.93 bits per heavy atom. The Hall–Kier alpha value is -1.03. The Morgan fingerprint density at radius 1 is 1.53 bits per heavy atom. The third-order valence-corrected chi connectivity index (χ3v) is 3.79. The molecule has 4 heteroatoms. The molecule has 2 N–H and O–H groups in total. The minimum Gasteiger partial charge on any atom is -0.395 e. The van der Waals surface area contributed by atoms with Crippen LogP contribution in [0.5, 0.6) is 0 Å². The number of fused-ring (bicyclic) bond motifs is 1. The lowest BCUT2D eigenvalue weighted by Gasteiger charge is -1.99. The van der Waals surface area contributed by atoms with Gasteiger partial charge in [0, 0.05) is 16.6 Å². The molecule has 2 aromatic rings. The van der Waals surface area contributed by atoms with E-state index in [0.717, 1.165) is 21.4 Å². The SMILES string of the molecule is Cc1cn2nc(C3CC3)c(N)c2cc1Br. The third-order valence-electron chi connectivity index (χ3n) is 2.93. The molecule has 0 spiro atoms. The second-order valence-electron chi connectivity index (χ2n) is 4.21. The van der Waals surface area contributed by atoms with E-state index in [1.807, 2.05) is 16.8 Å². The molecule has 0 unspecified atom stereocenters. The maximum atomic E-state index is 6.09. The number of nitrogens with zero attached hydrogens (tertiary/aromatic N) is 2. The van der Waals surface area contributed by atoms with Crippen LogP contribution < -0.4 is 5.73 Å². The summed E-state index contributed by atoms with van der Waals surface area (Å²) in [5, 5.41) is 4.55. The smallest absolute Gasteiger partial charge is 0.0905 e. The van der Waals surface area contributed by atoms with Crippen LogP contribution in [0.1, 0.15) is 30.0 Å². The van der Waals surface area contributed by atoms with Crippen LogP contribution in [-0.4, -0.2) is 9.61 Å². The summed E-state index contributed by atoms with van der Waals surface area (Å²) in [7, 11) is 0. The molecule has 2 heterocycles. The van der Waals surface area contributed by atoms with E-state index in [1.54, 1.807) is 0 Å². The first kappa shape index (κ1) is 9.21. The highest BCUT2D eigenvalue weighted by molar-refractivity contribution is 9.10. The number of hydrogen-bond donors (Lipinski definition) is 1. The fourth-order valence-electron chi connectivity index (χ4n) is 1.86. The number of nitrogen functional groups attached to an aromatic ring is 1. The maximum Gasteiger partial charge on any atom is 0.0905 e. The monoisotopic (exact) mass is 265 g/mol. The van der Waals surface area contributed by atoms with Gasteiger partial charge in [0.2, 0.25) is 0 Å². The van der Waals surface area contributed by atoms with E-state index in [-0.39, 0.29) is 0 Å². The number of nitrogens with two attached hydrogens (primary N) is 1. The van der Waals surface area contributed by atoms with Gasteiger partial charge >= 0.3 is 0 Å². The number of anilines is 1. The topological polar surface area (TPSA) is 43.3 Å². The second kappa shape index (κ2) is 2.98. The number of aromatic nitrogens is 2. The first-order valence-corrected chi connectivity index (χ1v) is 5.90. The van der Waals surface area contributed by atoms with E-state index in [1.165, 1.54) is 18.4 Å². The molecule has 0 amide bonds. The first-order chi connectivity index (χ1) is 7.16. The van der Waals surface area contributed by atoms with Gasteiger partial charge in [-0.2, -0.15) is 5.10 Å². The van der Waals surface area contributed by atoms with Gasteiger partial charge in [-0.3, -0.25) is 0 Å². The Bertz CT molecular complexity index is 540. The van der Waals surface area contributed by atoms with E-state index in [9.17, 15) is 0 Å². The summed E-state index contributed by atoms with van der Waals surface area (Å²) in [4.78, 5) is 0. The van der Waals surface area contributed by atoms with E-state index in [2.05, 4.69) is 28.0 Å². The minimum absolute atomic E-state index is 0.601. The number of rotatable bonds is 1. The average Bonchev–Trinajstić information content (AvgIpc) is 2.98. The predicted octanol–water partition coefficient (Wildman–Crippen LogP) is 2.86. The lowest BCUT2D eigenvalue weighted by Crippen LogP contribution is -1.90. The van der Waals surface area contributed by atoms with Crippen molar-refractivity contribution in [1.29, 1.82) is 0 Å². The molecule has 3 rings (SSSR count). The van der Waals surface area contributed by atoms with Crippen molar-refractivity contribution in [2.45, 2.75) is 25.7 Å². The van der Waals surface area contributed by atoms with Gasteiger partial charge in [0.05, 0.1) is 16.9 Å². The molecule has 1 saturated carbocycles. The molecule has 78 valence electrons. The molecule has 0 radical (unpaired) electrons. The molecule has 2 aromatic heterocycles. The van der Waals surface area contributed by atoms with Crippen LogP contribution in [0.15, 0.2) is 16.7 Å². The van der Waals surface area contributed by atoms with Gasteiger partial charge < -0.3 is 5.73 Å². The van der Waals surface area contributed by atoms with E-state index in [0.29, 0.717) is 5.92 Å². The van der Waals surface area contributed by atoms with Gasteiger partial charge in [0.25, 0.3) is 0 Å². The van der Waals surface area contributed by atoms with Crippen LogP contribution in [0.3, 0.4) is 0 Å². The Kier molecular flexibility index (Phi) is 1.83. The first-order valence-electron chi connectivity index (χ1n) is 5.10. The van der Waals surface area contributed by atoms with Gasteiger partial charge in [-0.1, -0.05) is 15.9 Å². The highest BCUT2D eigenvalue weighted by atomic mass is 79.9. The predicted molar refractivity (Wildman–Crippen MR) is 64.0 cm³/mol. The quantitative estimate of drug-likeness (QED) is 0.862. The van der Waals surface area contributed by atoms with Crippen LogP contribution >= 0.6 is 15.9 Å². The lowest BCUT2D eigenvalue weighted by atomic mass is 10.2. The number of pyridine rings is 1. The molecule has 0 atom stereocenters. The number of hydrogen-bond acceptors (Lipinski definition) is 2. The van der Waals surface area contributed by atoms with Crippen molar-refractivity contribution in [1.82, 2.24) is 9.61 Å². The third kappa shape index (κ3) is 1.35. The molecule has 3 nitrogen and oxygen atoms in total. The molecule has 0 saturated heterocycles. The number of halogens is 1. The Morgan fingerprint density at radius 2 is 2.27 bits per heavy atom. The van der Waals surface area contributed by atoms with E-state index >= 15 is 0 Å². The van der Waals surface area contributed by atoms with E-state index < -0.39 is 0 Å². The van der Waals surface area contributed by atoms with Gasteiger partial charge in [-0.25, -0.2) is 4.52 Å². The Labute approximate surface area is 96.4 Å². The molecular weight excluding hydrogens is 254 g/mol. The van der Waals surface area contributed by atoms with Crippen LogP contribution in [0, 0.1) is 6.92 Å². The van der Waals surface area contributed by atoms with Crippen LogP contribution in [-0.2, 0) is 0 Å². The summed E-state index contributed by atoms with van der Waals surface area (Å²) < 4.78 is 2.98. The van der Waals surface area contributed by atoms with Gasteiger partial charge in [-0.05, 0) is 31.4 Å². The summed E-state index contributed by atoms with van der Waals surface area (Å²) in [6.07, 6.45) is 4.48. The fraction of sp³-hybridized carbons (Fsp3) is 0.364. The molecule has 1 aliphatic carbocycles. The van der Waals surface area contributed by atoms with Gasteiger partial charge in [-0.15, -0.1) is 0 Å². The zero-order valence-electron chi connectivity index (χ0n) is 8.50. The summed E-state index contributed by atoms with van der Waals surface area (Å²) in [6.45, 7) is 2.05. The number of aryl methyl sites for hydroxylation is 1. The van der Waals surface area contributed by atoms with Crippen molar-refractivity contribution < 1.29 is 0 Å². The van der Waals surface area contributed by atoms with Crippen LogP contribution in [0.25, 0.3) is 5.52 Å². The summed E-state index contributed by atoms with van der Waals surface area (Å²) >= 11 is 3.52. The van der Waals surface area contributed by atoms with Gasteiger partial charge in [0.15, 0.2) is 0 Å². The molecule has 1 fully saturated rings. The van der Waals surface area contributed by atoms with Crippen molar-refractivity contribution in [2.24, 2.45) is 0 Å². The molecular formula is C11H12BrN3. The highest BCUT2D eigenvalue weighted by Gasteiger charge is 2.29. The van der Waals surface area contributed by atoms with E-state index in [4.69, 9.17) is 5.73 Å². The summed E-state index contributed by atoms with van der Waals surface area (Å²) in [5.74, 6) is 0.601. The van der Waals surface area contributed by atoms with Crippen molar-refractivity contribution >= 4 is 27.1 Å².